The first-order valence-corrected chi connectivity index (χ1v) is 7.16. The number of hydrogen-bond donors (Lipinski definition) is 2. The van der Waals surface area contributed by atoms with Gasteiger partial charge in [0, 0.05) is 4.47 Å². The van der Waals surface area contributed by atoms with E-state index in [9.17, 15) is 14.3 Å². The quantitative estimate of drug-likeness (QED) is 0.790. The SMILES string of the molecule is O=C(O)CSc1nnc(CO)n1-c1cc(Br)ccc1F. The molecule has 0 fully saturated rings. The fourth-order valence-electron chi connectivity index (χ4n) is 1.52. The number of rotatable bonds is 5. The van der Waals surface area contributed by atoms with Crippen LogP contribution in [0.5, 0.6) is 0 Å². The van der Waals surface area contributed by atoms with Gasteiger partial charge >= 0.3 is 5.97 Å². The number of carboxylic acids is 1. The molecule has 2 aromatic rings. The standard InChI is InChI=1S/C11H9BrFN3O3S/c12-6-1-2-7(13)8(3-6)16-9(4-17)14-15-11(16)20-5-10(18)19/h1-3,17H,4-5H2,(H,18,19). The third kappa shape index (κ3) is 3.17. The lowest BCUT2D eigenvalue weighted by molar-refractivity contribution is -0.133. The van der Waals surface area contributed by atoms with E-state index in [2.05, 4.69) is 26.1 Å². The van der Waals surface area contributed by atoms with Gasteiger partial charge in [0.25, 0.3) is 0 Å². The Morgan fingerprint density at radius 2 is 2.20 bits per heavy atom. The van der Waals surface area contributed by atoms with Gasteiger partial charge in [-0.15, -0.1) is 10.2 Å². The molecule has 0 bridgehead atoms. The summed E-state index contributed by atoms with van der Waals surface area (Å²) in [5.74, 6) is -1.65. The maximum Gasteiger partial charge on any atom is 0.313 e. The zero-order chi connectivity index (χ0) is 14.7. The lowest BCUT2D eigenvalue weighted by Crippen LogP contribution is -2.06. The highest BCUT2D eigenvalue weighted by atomic mass is 79.9. The summed E-state index contributed by atoms with van der Waals surface area (Å²) in [6.45, 7) is -0.438. The van der Waals surface area contributed by atoms with Crippen molar-refractivity contribution in [2.45, 2.75) is 11.8 Å². The molecular formula is C11H9BrFN3O3S. The summed E-state index contributed by atoms with van der Waals surface area (Å²) in [6.07, 6.45) is 0. The van der Waals surface area contributed by atoms with E-state index in [1.165, 1.54) is 22.8 Å². The van der Waals surface area contributed by atoms with Gasteiger partial charge in [0.05, 0.1) is 11.4 Å². The minimum Gasteiger partial charge on any atom is -0.481 e. The van der Waals surface area contributed by atoms with Crippen LogP contribution in [0.3, 0.4) is 0 Å². The molecule has 1 heterocycles. The summed E-state index contributed by atoms with van der Waals surface area (Å²) in [4.78, 5) is 10.6. The van der Waals surface area contributed by atoms with Crippen LogP contribution in [-0.4, -0.2) is 36.7 Å². The highest BCUT2D eigenvalue weighted by Gasteiger charge is 2.18. The van der Waals surface area contributed by atoms with Crippen molar-refractivity contribution in [3.8, 4) is 5.69 Å². The van der Waals surface area contributed by atoms with Gasteiger partial charge in [0.2, 0.25) is 0 Å². The lowest BCUT2D eigenvalue weighted by atomic mass is 10.3. The summed E-state index contributed by atoms with van der Waals surface area (Å²) >= 11 is 4.13. The van der Waals surface area contributed by atoms with Crippen LogP contribution < -0.4 is 0 Å². The molecule has 6 nitrogen and oxygen atoms in total. The Bertz CT molecular complexity index is 650. The maximum atomic E-state index is 13.9. The van der Waals surface area contributed by atoms with Gasteiger partial charge in [-0.25, -0.2) is 4.39 Å². The molecule has 0 amide bonds. The number of carbonyl (C=O) groups is 1. The lowest BCUT2D eigenvalue weighted by Gasteiger charge is -2.10. The second-order valence-corrected chi connectivity index (χ2v) is 5.53. The Labute approximate surface area is 125 Å². The van der Waals surface area contributed by atoms with Gasteiger partial charge in [-0.05, 0) is 18.2 Å². The summed E-state index contributed by atoms with van der Waals surface area (Å²) < 4.78 is 15.9. The number of aromatic nitrogens is 3. The third-order valence-corrected chi connectivity index (χ3v) is 3.72. The number of halogens is 2. The number of aliphatic carboxylic acids is 1. The second kappa shape index (κ2) is 6.33. The molecule has 0 unspecified atom stereocenters. The summed E-state index contributed by atoms with van der Waals surface area (Å²) in [5.41, 5.74) is 0.140. The molecule has 20 heavy (non-hydrogen) atoms. The third-order valence-electron chi connectivity index (χ3n) is 2.32. The fourth-order valence-corrected chi connectivity index (χ4v) is 2.55. The van der Waals surface area contributed by atoms with Crippen molar-refractivity contribution < 1.29 is 19.4 Å². The first-order valence-electron chi connectivity index (χ1n) is 5.38. The van der Waals surface area contributed by atoms with E-state index in [1.54, 1.807) is 0 Å². The molecule has 0 saturated heterocycles. The van der Waals surface area contributed by atoms with Crippen LogP contribution in [0.2, 0.25) is 0 Å². The van der Waals surface area contributed by atoms with Gasteiger partial charge in [0.1, 0.15) is 12.4 Å². The molecule has 2 N–H and O–H groups in total. The van der Waals surface area contributed by atoms with E-state index in [0.29, 0.717) is 4.47 Å². The van der Waals surface area contributed by atoms with E-state index < -0.39 is 18.4 Å². The summed E-state index contributed by atoms with van der Waals surface area (Å²) in [5, 5.41) is 25.6. The number of benzene rings is 1. The minimum atomic E-state index is -1.02. The summed E-state index contributed by atoms with van der Waals surface area (Å²) in [6, 6.07) is 4.29. The molecule has 0 aliphatic heterocycles. The van der Waals surface area contributed by atoms with Gasteiger partial charge in [0.15, 0.2) is 11.0 Å². The van der Waals surface area contributed by atoms with Crippen molar-refractivity contribution in [1.29, 1.82) is 0 Å². The highest BCUT2D eigenvalue weighted by Crippen LogP contribution is 2.26. The smallest absolute Gasteiger partial charge is 0.313 e. The topological polar surface area (TPSA) is 88.2 Å². The van der Waals surface area contributed by atoms with Crippen molar-refractivity contribution in [1.82, 2.24) is 14.8 Å². The van der Waals surface area contributed by atoms with Crippen LogP contribution in [0.25, 0.3) is 5.69 Å². The average molecular weight is 362 g/mol. The van der Waals surface area contributed by atoms with Crippen molar-refractivity contribution >= 4 is 33.7 Å². The Hall–Kier alpha value is -1.45. The number of hydrogen-bond acceptors (Lipinski definition) is 5. The van der Waals surface area contributed by atoms with Crippen LogP contribution in [0.15, 0.2) is 27.8 Å². The molecule has 106 valence electrons. The molecule has 0 aliphatic carbocycles. The van der Waals surface area contributed by atoms with Crippen LogP contribution in [0.1, 0.15) is 5.82 Å². The van der Waals surface area contributed by atoms with Gasteiger partial charge in [-0.2, -0.15) is 0 Å². The predicted octanol–water partition coefficient (Wildman–Crippen LogP) is 1.84. The zero-order valence-electron chi connectivity index (χ0n) is 9.95. The van der Waals surface area contributed by atoms with Gasteiger partial charge in [-0.3, -0.25) is 9.36 Å². The molecule has 0 aliphatic rings. The zero-order valence-corrected chi connectivity index (χ0v) is 12.4. The Morgan fingerprint density at radius 3 is 2.85 bits per heavy atom. The van der Waals surface area contributed by atoms with E-state index in [0.717, 1.165) is 11.8 Å². The average Bonchev–Trinajstić information content (AvgIpc) is 2.82. The first kappa shape index (κ1) is 14.9. The Kier molecular flexibility index (Phi) is 4.73. The number of aliphatic hydroxyl groups excluding tert-OH is 1. The normalized spacial score (nSPS) is 10.8. The predicted molar refractivity (Wildman–Crippen MR) is 73.3 cm³/mol. The molecule has 2 rings (SSSR count). The Balaban J connectivity index is 2.50. The largest absolute Gasteiger partial charge is 0.481 e. The number of nitrogens with zero attached hydrogens (tertiary/aromatic N) is 3. The van der Waals surface area contributed by atoms with Gasteiger partial charge in [-0.1, -0.05) is 27.7 Å². The van der Waals surface area contributed by atoms with Crippen molar-refractivity contribution in [3.63, 3.8) is 0 Å². The van der Waals surface area contributed by atoms with E-state index in [1.807, 2.05) is 0 Å². The highest BCUT2D eigenvalue weighted by molar-refractivity contribution is 9.10. The van der Waals surface area contributed by atoms with E-state index in [-0.39, 0.29) is 22.4 Å². The Morgan fingerprint density at radius 1 is 1.45 bits per heavy atom. The monoisotopic (exact) mass is 361 g/mol. The fraction of sp³-hybridized carbons (Fsp3) is 0.182. The minimum absolute atomic E-state index is 0.134. The maximum absolute atomic E-state index is 13.9. The number of aliphatic hydroxyl groups is 1. The van der Waals surface area contributed by atoms with E-state index >= 15 is 0 Å². The molecule has 0 atom stereocenters. The number of carboxylic acid groups (broad SMARTS) is 1. The molecule has 0 saturated carbocycles. The van der Waals surface area contributed by atoms with Crippen LogP contribution >= 0.6 is 27.7 Å². The van der Waals surface area contributed by atoms with Crippen LogP contribution in [0, 0.1) is 5.82 Å². The van der Waals surface area contributed by atoms with E-state index in [4.69, 9.17) is 5.11 Å². The molecule has 0 radical (unpaired) electrons. The molecule has 9 heteroatoms. The molecular weight excluding hydrogens is 353 g/mol. The van der Waals surface area contributed by atoms with Gasteiger partial charge < -0.3 is 10.2 Å². The van der Waals surface area contributed by atoms with Crippen molar-refractivity contribution in [2.75, 3.05) is 5.75 Å². The molecule has 1 aromatic heterocycles. The second-order valence-electron chi connectivity index (χ2n) is 3.67. The van der Waals surface area contributed by atoms with Crippen molar-refractivity contribution in [3.05, 3.63) is 34.3 Å². The van der Waals surface area contributed by atoms with Crippen molar-refractivity contribution in [2.24, 2.45) is 0 Å². The summed E-state index contributed by atoms with van der Waals surface area (Å²) in [7, 11) is 0. The first-order chi connectivity index (χ1) is 9.52. The van der Waals surface area contributed by atoms with Crippen LogP contribution in [0.4, 0.5) is 4.39 Å². The van der Waals surface area contributed by atoms with Crippen LogP contribution in [-0.2, 0) is 11.4 Å². The molecule has 0 spiro atoms. The molecule has 1 aromatic carbocycles. The number of thioether (sulfide) groups is 1.